The lowest BCUT2D eigenvalue weighted by Crippen LogP contribution is -2.27. The zero-order valence-electron chi connectivity index (χ0n) is 13.7. The van der Waals surface area contributed by atoms with Crippen LogP contribution in [-0.4, -0.2) is 22.4 Å². The molecule has 1 saturated carbocycles. The smallest absolute Gasteiger partial charge is 0.0624 e. The molecule has 0 aliphatic heterocycles. The number of rotatable bonds is 9. The SMILES string of the molecule is CCc1cc(CC(CNC2CC2)CC(C)C)n(CC)n1. The molecule has 1 N–H and O–H groups in total. The van der Waals surface area contributed by atoms with Gasteiger partial charge in [0, 0.05) is 18.3 Å². The maximum Gasteiger partial charge on any atom is 0.0624 e. The Balaban J connectivity index is 1.98. The molecule has 1 aromatic heterocycles. The maximum absolute atomic E-state index is 4.68. The second-order valence-electron chi connectivity index (χ2n) is 6.68. The fourth-order valence-corrected chi connectivity index (χ4v) is 2.95. The Labute approximate surface area is 124 Å². The number of nitrogens with one attached hydrogen (secondary N) is 1. The van der Waals surface area contributed by atoms with Crippen molar-refractivity contribution < 1.29 is 0 Å². The minimum absolute atomic E-state index is 0.738. The lowest BCUT2D eigenvalue weighted by atomic mass is 9.92. The number of nitrogens with zero attached hydrogens (tertiary/aromatic N) is 2. The average Bonchev–Trinajstić information content (AvgIpc) is 3.16. The van der Waals surface area contributed by atoms with Gasteiger partial charge in [0.25, 0.3) is 0 Å². The molecule has 0 aromatic carbocycles. The lowest BCUT2D eigenvalue weighted by Gasteiger charge is -2.20. The minimum atomic E-state index is 0.738. The van der Waals surface area contributed by atoms with E-state index in [-0.39, 0.29) is 0 Å². The van der Waals surface area contributed by atoms with Crippen LogP contribution < -0.4 is 5.32 Å². The summed E-state index contributed by atoms with van der Waals surface area (Å²) in [7, 11) is 0. The van der Waals surface area contributed by atoms with Gasteiger partial charge < -0.3 is 5.32 Å². The number of aryl methyl sites for hydroxylation is 2. The summed E-state index contributed by atoms with van der Waals surface area (Å²) in [5.74, 6) is 1.51. The first-order valence-electron chi connectivity index (χ1n) is 8.41. The standard InChI is InChI=1S/C17H31N3/c1-5-15-11-17(20(6-2)19-15)10-14(9-13(3)4)12-18-16-7-8-16/h11,13-14,16,18H,5-10,12H2,1-4H3. The minimum Gasteiger partial charge on any atom is -0.314 e. The Bertz CT molecular complexity index is 404. The van der Waals surface area contributed by atoms with E-state index in [0.717, 1.165) is 30.8 Å². The number of hydrogen-bond acceptors (Lipinski definition) is 2. The third kappa shape index (κ3) is 4.62. The Morgan fingerprint density at radius 1 is 1.35 bits per heavy atom. The van der Waals surface area contributed by atoms with Gasteiger partial charge in [-0.25, -0.2) is 0 Å². The Kier molecular flexibility index (Phi) is 5.64. The highest BCUT2D eigenvalue weighted by Crippen LogP contribution is 2.22. The summed E-state index contributed by atoms with van der Waals surface area (Å²) >= 11 is 0. The molecule has 0 saturated heterocycles. The largest absolute Gasteiger partial charge is 0.314 e. The summed E-state index contributed by atoms with van der Waals surface area (Å²) in [4.78, 5) is 0. The molecule has 20 heavy (non-hydrogen) atoms. The molecule has 1 aliphatic carbocycles. The van der Waals surface area contributed by atoms with E-state index in [4.69, 9.17) is 0 Å². The van der Waals surface area contributed by atoms with Crippen LogP contribution in [0.4, 0.5) is 0 Å². The van der Waals surface area contributed by atoms with Crippen LogP contribution >= 0.6 is 0 Å². The van der Waals surface area contributed by atoms with Crippen molar-refractivity contribution in [2.24, 2.45) is 11.8 Å². The van der Waals surface area contributed by atoms with Gasteiger partial charge in [-0.05, 0) is 63.5 Å². The van der Waals surface area contributed by atoms with E-state index in [9.17, 15) is 0 Å². The first-order chi connectivity index (χ1) is 9.62. The monoisotopic (exact) mass is 277 g/mol. The molecule has 1 heterocycles. The summed E-state index contributed by atoms with van der Waals surface area (Å²) in [6.07, 6.45) is 6.26. The van der Waals surface area contributed by atoms with Crippen LogP contribution in [0.1, 0.15) is 58.3 Å². The normalized spacial score (nSPS) is 16.9. The van der Waals surface area contributed by atoms with Crippen molar-refractivity contribution in [1.82, 2.24) is 15.1 Å². The third-order valence-electron chi connectivity index (χ3n) is 4.15. The summed E-state index contributed by atoms with van der Waals surface area (Å²) in [5, 5.41) is 8.39. The van der Waals surface area contributed by atoms with Crippen molar-refractivity contribution in [3.63, 3.8) is 0 Å². The first-order valence-corrected chi connectivity index (χ1v) is 8.41. The molecular formula is C17H31N3. The highest BCUT2D eigenvalue weighted by atomic mass is 15.3. The van der Waals surface area contributed by atoms with Crippen LogP contribution in [0, 0.1) is 11.8 Å². The molecule has 1 fully saturated rings. The maximum atomic E-state index is 4.68. The van der Waals surface area contributed by atoms with Crippen LogP contribution in [0.25, 0.3) is 0 Å². The molecular weight excluding hydrogens is 246 g/mol. The van der Waals surface area contributed by atoms with Crippen molar-refractivity contribution in [3.05, 3.63) is 17.5 Å². The Hall–Kier alpha value is -0.830. The van der Waals surface area contributed by atoms with Crippen LogP contribution in [0.3, 0.4) is 0 Å². The van der Waals surface area contributed by atoms with Gasteiger partial charge in [0.05, 0.1) is 5.69 Å². The summed E-state index contributed by atoms with van der Waals surface area (Å²) in [6.45, 7) is 11.2. The van der Waals surface area contributed by atoms with Gasteiger partial charge in [-0.3, -0.25) is 4.68 Å². The van der Waals surface area contributed by atoms with Gasteiger partial charge in [0.15, 0.2) is 0 Å². The molecule has 1 atom stereocenters. The molecule has 1 aliphatic rings. The topological polar surface area (TPSA) is 29.9 Å². The molecule has 3 nitrogen and oxygen atoms in total. The summed E-state index contributed by atoms with van der Waals surface area (Å²) in [5.41, 5.74) is 2.66. The van der Waals surface area contributed by atoms with Crippen LogP contribution in [-0.2, 0) is 19.4 Å². The lowest BCUT2D eigenvalue weighted by molar-refractivity contribution is 0.375. The van der Waals surface area contributed by atoms with Gasteiger partial charge >= 0.3 is 0 Å². The van der Waals surface area contributed by atoms with Gasteiger partial charge in [0.2, 0.25) is 0 Å². The van der Waals surface area contributed by atoms with E-state index in [0.29, 0.717) is 0 Å². The van der Waals surface area contributed by atoms with E-state index < -0.39 is 0 Å². The molecule has 0 spiro atoms. The predicted molar refractivity (Wildman–Crippen MR) is 85.0 cm³/mol. The molecule has 0 amide bonds. The first kappa shape index (κ1) is 15.6. The number of hydrogen-bond donors (Lipinski definition) is 1. The highest BCUT2D eigenvalue weighted by molar-refractivity contribution is 5.11. The fraction of sp³-hybridized carbons (Fsp3) is 0.824. The molecule has 3 heteroatoms. The predicted octanol–water partition coefficient (Wildman–Crippen LogP) is 3.42. The molecule has 1 unspecified atom stereocenters. The van der Waals surface area contributed by atoms with Crippen molar-refractivity contribution in [2.45, 2.75) is 72.4 Å². The zero-order chi connectivity index (χ0) is 14.5. The molecule has 114 valence electrons. The van der Waals surface area contributed by atoms with Gasteiger partial charge in [-0.15, -0.1) is 0 Å². The zero-order valence-corrected chi connectivity index (χ0v) is 13.7. The van der Waals surface area contributed by atoms with Crippen LogP contribution in [0.5, 0.6) is 0 Å². The van der Waals surface area contributed by atoms with Gasteiger partial charge in [0.1, 0.15) is 0 Å². The van der Waals surface area contributed by atoms with Gasteiger partial charge in [-0.2, -0.15) is 5.10 Å². The summed E-state index contributed by atoms with van der Waals surface area (Å²) < 4.78 is 2.20. The van der Waals surface area contributed by atoms with E-state index in [1.165, 1.54) is 43.6 Å². The van der Waals surface area contributed by atoms with E-state index >= 15 is 0 Å². The third-order valence-corrected chi connectivity index (χ3v) is 4.15. The van der Waals surface area contributed by atoms with Crippen LogP contribution in [0.15, 0.2) is 6.07 Å². The van der Waals surface area contributed by atoms with Crippen molar-refractivity contribution >= 4 is 0 Å². The Morgan fingerprint density at radius 2 is 2.10 bits per heavy atom. The van der Waals surface area contributed by atoms with E-state index in [1.807, 2.05) is 0 Å². The summed E-state index contributed by atoms with van der Waals surface area (Å²) in [6, 6.07) is 3.13. The fourth-order valence-electron chi connectivity index (χ4n) is 2.95. The van der Waals surface area contributed by atoms with Gasteiger partial charge in [-0.1, -0.05) is 20.8 Å². The van der Waals surface area contributed by atoms with Crippen molar-refractivity contribution in [2.75, 3.05) is 6.54 Å². The van der Waals surface area contributed by atoms with Crippen LogP contribution in [0.2, 0.25) is 0 Å². The molecule has 0 radical (unpaired) electrons. The molecule has 2 rings (SSSR count). The van der Waals surface area contributed by atoms with Crippen molar-refractivity contribution in [3.8, 4) is 0 Å². The second kappa shape index (κ2) is 7.26. The van der Waals surface area contributed by atoms with E-state index in [2.05, 4.69) is 48.9 Å². The van der Waals surface area contributed by atoms with Crippen molar-refractivity contribution in [1.29, 1.82) is 0 Å². The quantitative estimate of drug-likeness (QED) is 0.749. The molecule has 0 bridgehead atoms. The second-order valence-corrected chi connectivity index (χ2v) is 6.68. The van der Waals surface area contributed by atoms with E-state index in [1.54, 1.807) is 0 Å². The average molecular weight is 277 g/mol. The Morgan fingerprint density at radius 3 is 2.65 bits per heavy atom. The number of aromatic nitrogens is 2. The molecule has 1 aromatic rings. The highest BCUT2D eigenvalue weighted by Gasteiger charge is 2.23.